The Morgan fingerprint density at radius 2 is 1.20 bits per heavy atom. The van der Waals surface area contributed by atoms with E-state index in [4.69, 9.17) is 4.74 Å². The Labute approximate surface area is 135 Å². The van der Waals surface area contributed by atoms with Crippen molar-refractivity contribution in [1.29, 1.82) is 0 Å². The van der Waals surface area contributed by atoms with Gasteiger partial charge < -0.3 is 4.74 Å². The van der Waals surface area contributed by atoms with Gasteiger partial charge in [0.25, 0.3) is 0 Å². The molecule has 0 aliphatic heterocycles. The quantitative estimate of drug-likeness (QED) is 0.465. The number of hydrogen-bond donors (Lipinski definition) is 0. The van der Waals surface area contributed by atoms with Crippen LogP contribution in [0, 0.1) is 0 Å². The van der Waals surface area contributed by atoms with Gasteiger partial charge in [0, 0.05) is 54.4 Å². The van der Waals surface area contributed by atoms with E-state index in [9.17, 15) is 0 Å². The average Bonchev–Trinajstić information content (AvgIpc) is 1.61. The Bertz CT molecular complexity index is 66.6. The fourth-order valence-electron chi connectivity index (χ4n) is 0.276. The second-order valence-corrected chi connectivity index (χ2v) is 1.59. The molecule has 0 atom stereocenters. The molecular weight excluding hydrogens is 398 g/mol. The third-order valence-corrected chi connectivity index (χ3v) is 0.553. The molecule has 3 heteroatoms. The molecule has 0 aromatic heterocycles. The molecule has 8 radical (unpaired) electrons. The van der Waals surface area contributed by atoms with Crippen LogP contribution in [-0.2, 0) is 4.74 Å². The molecular formula is C12H36OSn2. The van der Waals surface area contributed by atoms with Gasteiger partial charge in [0.2, 0.25) is 0 Å². The summed E-state index contributed by atoms with van der Waals surface area (Å²) in [7, 11) is 0. The first-order valence-electron chi connectivity index (χ1n) is 2.49. The minimum absolute atomic E-state index is 0. The van der Waals surface area contributed by atoms with Crippen LogP contribution in [0.1, 0.15) is 58.4 Å². The molecule has 0 saturated carbocycles. The minimum Gasteiger partial charge on any atom is -0.377 e. The monoisotopic (exact) mass is 436 g/mol. The SMILES string of the molecule is C.C.C.C.C.C.C=C(C)COCC.[Sn].[Sn]. The van der Waals surface area contributed by atoms with Crippen molar-refractivity contribution in [1.82, 2.24) is 0 Å². The van der Waals surface area contributed by atoms with Gasteiger partial charge in [-0.1, -0.05) is 56.7 Å². The summed E-state index contributed by atoms with van der Waals surface area (Å²) in [4.78, 5) is 0. The molecule has 0 rings (SSSR count). The van der Waals surface area contributed by atoms with E-state index >= 15 is 0 Å². The number of hydrogen-bond acceptors (Lipinski definition) is 1. The average molecular weight is 434 g/mol. The molecule has 0 spiro atoms. The van der Waals surface area contributed by atoms with E-state index in [1.807, 2.05) is 13.8 Å². The molecule has 0 heterocycles. The zero-order chi connectivity index (χ0) is 5.70. The molecule has 0 bridgehead atoms. The Morgan fingerprint density at radius 3 is 1.27 bits per heavy atom. The van der Waals surface area contributed by atoms with Crippen molar-refractivity contribution in [3.8, 4) is 0 Å². The summed E-state index contributed by atoms with van der Waals surface area (Å²) in [5, 5.41) is 0. The second-order valence-electron chi connectivity index (χ2n) is 1.59. The van der Waals surface area contributed by atoms with E-state index in [0.29, 0.717) is 6.61 Å². The van der Waals surface area contributed by atoms with E-state index in [2.05, 4.69) is 6.58 Å². The smallest absolute Gasteiger partial charge is 0.0671 e. The number of rotatable bonds is 3. The summed E-state index contributed by atoms with van der Waals surface area (Å²) >= 11 is 0. The molecule has 0 saturated heterocycles. The van der Waals surface area contributed by atoms with Crippen LogP contribution < -0.4 is 0 Å². The maximum absolute atomic E-state index is 5.00. The minimum atomic E-state index is 0. The van der Waals surface area contributed by atoms with Crippen molar-refractivity contribution in [3.05, 3.63) is 12.2 Å². The first-order chi connectivity index (χ1) is 3.27. The van der Waals surface area contributed by atoms with E-state index in [1.54, 1.807) is 0 Å². The van der Waals surface area contributed by atoms with Crippen LogP contribution >= 0.6 is 0 Å². The summed E-state index contributed by atoms with van der Waals surface area (Å²) < 4.78 is 5.00. The summed E-state index contributed by atoms with van der Waals surface area (Å²) in [6, 6.07) is 0. The van der Waals surface area contributed by atoms with Gasteiger partial charge in [-0.25, -0.2) is 0 Å². The third kappa shape index (κ3) is 96.4. The molecule has 0 amide bonds. The van der Waals surface area contributed by atoms with E-state index in [0.717, 1.165) is 12.2 Å². The van der Waals surface area contributed by atoms with Crippen molar-refractivity contribution >= 4 is 47.8 Å². The zero-order valence-corrected chi connectivity index (χ0v) is 11.7. The first kappa shape index (κ1) is 71.6. The van der Waals surface area contributed by atoms with Crippen molar-refractivity contribution in [2.75, 3.05) is 13.2 Å². The van der Waals surface area contributed by atoms with Crippen molar-refractivity contribution in [3.63, 3.8) is 0 Å². The maximum Gasteiger partial charge on any atom is 0.0671 e. The van der Waals surface area contributed by atoms with E-state index in [-0.39, 0.29) is 92.4 Å². The van der Waals surface area contributed by atoms with Crippen LogP contribution in [-0.4, -0.2) is 61.0 Å². The summed E-state index contributed by atoms with van der Waals surface area (Å²) in [5.74, 6) is 0. The van der Waals surface area contributed by atoms with Gasteiger partial charge in [0.1, 0.15) is 0 Å². The molecule has 15 heavy (non-hydrogen) atoms. The topological polar surface area (TPSA) is 9.23 Å². The van der Waals surface area contributed by atoms with Crippen LogP contribution in [0.3, 0.4) is 0 Å². The van der Waals surface area contributed by atoms with Crippen molar-refractivity contribution in [2.24, 2.45) is 0 Å². The molecule has 0 N–H and O–H groups in total. The van der Waals surface area contributed by atoms with E-state index < -0.39 is 0 Å². The van der Waals surface area contributed by atoms with Crippen LogP contribution in [0.2, 0.25) is 0 Å². The van der Waals surface area contributed by atoms with Crippen LogP contribution in [0.4, 0.5) is 0 Å². The van der Waals surface area contributed by atoms with Gasteiger partial charge >= 0.3 is 0 Å². The fraction of sp³-hybridized carbons (Fsp3) is 0.833. The van der Waals surface area contributed by atoms with Gasteiger partial charge in [-0.2, -0.15) is 0 Å². The molecule has 0 aromatic carbocycles. The summed E-state index contributed by atoms with van der Waals surface area (Å²) in [6.45, 7) is 9.09. The maximum atomic E-state index is 5.00. The van der Waals surface area contributed by atoms with Crippen LogP contribution in [0.5, 0.6) is 0 Å². The normalized spacial score (nSPS) is 4.13. The van der Waals surface area contributed by atoms with Crippen LogP contribution in [0.15, 0.2) is 12.2 Å². The third-order valence-electron chi connectivity index (χ3n) is 0.553. The second kappa shape index (κ2) is 58.7. The molecule has 0 aliphatic rings. The van der Waals surface area contributed by atoms with Gasteiger partial charge in [-0.3, -0.25) is 0 Å². The molecule has 0 unspecified atom stereocenters. The number of ether oxygens (including phenoxy) is 1. The molecule has 98 valence electrons. The Morgan fingerprint density at radius 1 is 0.933 bits per heavy atom. The Balaban J connectivity index is -0.00000000643. The Hall–Kier alpha value is 1.30. The van der Waals surface area contributed by atoms with Crippen molar-refractivity contribution < 1.29 is 4.74 Å². The fourth-order valence-corrected chi connectivity index (χ4v) is 0.276. The summed E-state index contributed by atoms with van der Waals surface area (Å²) in [6.07, 6.45) is 0. The van der Waals surface area contributed by atoms with Gasteiger partial charge in [-0.05, 0) is 13.8 Å². The van der Waals surface area contributed by atoms with Crippen LogP contribution in [0.25, 0.3) is 0 Å². The zero-order valence-electron chi connectivity index (χ0n) is 6.03. The van der Waals surface area contributed by atoms with Gasteiger partial charge in [0.05, 0.1) is 6.61 Å². The molecule has 0 aromatic rings. The first-order valence-corrected chi connectivity index (χ1v) is 2.49. The molecule has 1 nitrogen and oxygen atoms in total. The predicted octanol–water partition coefficient (Wildman–Crippen LogP) is 4.65. The molecule has 0 aliphatic carbocycles. The van der Waals surface area contributed by atoms with E-state index in [1.165, 1.54) is 0 Å². The van der Waals surface area contributed by atoms with Gasteiger partial charge in [0.15, 0.2) is 0 Å². The predicted molar refractivity (Wildman–Crippen MR) is 83.2 cm³/mol. The van der Waals surface area contributed by atoms with Gasteiger partial charge in [-0.15, -0.1) is 0 Å². The van der Waals surface area contributed by atoms with Crippen molar-refractivity contribution in [2.45, 2.75) is 58.4 Å². The standard InChI is InChI=1S/C6H12O.6CH4.2Sn/c1-4-7-5-6(2)3;;;;;;;;/h2,4-5H2,1,3H3;6*1H4;;. The largest absolute Gasteiger partial charge is 0.377 e. The Kier molecular flexibility index (Phi) is 280. The molecule has 0 fully saturated rings. The summed E-state index contributed by atoms with van der Waals surface area (Å²) in [5.41, 5.74) is 1.09.